The number of hydrogen-bond donors (Lipinski definition) is 0. The first-order chi connectivity index (χ1) is 9.83. The number of benzene rings is 2. The van der Waals surface area contributed by atoms with Gasteiger partial charge in [0.1, 0.15) is 5.69 Å². The van der Waals surface area contributed by atoms with Gasteiger partial charge >= 0.3 is 0 Å². The van der Waals surface area contributed by atoms with Gasteiger partial charge < -0.3 is 0 Å². The lowest BCUT2D eigenvalue weighted by atomic mass is 10.1. The quantitative estimate of drug-likeness (QED) is 0.522. The number of imidazole rings is 1. The van der Waals surface area contributed by atoms with E-state index in [2.05, 4.69) is 43.5 Å². The van der Waals surface area contributed by atoms with E-state index in [0.29, 0.717) is 0 Å². The van der Waals surface area contributed by atoms with Crippen molar-refractivity contribution in [1.29, 1.82) is 0 Å². The van der Waals surface area contributed by atoms with Crippen molar-refractivity contribution in [3.63, 3.8) is 0 Å². The molecule has 3 nitrogen and oxygen atoms in total. The van der Waals surface area contributed by atoms with E-state index >= 15 is 0 Å². The van der Waals surface area contributed by atoms with Crippen molar-refractivity contribution in [3.05, 3.63) is 65.4 Å². The summed E-state index contributed by atoms with van der Waals surface area (Å²) in [4.78, 5) is 9.24. The van der Waals surface area contributed by atoms with Crippen LogP contribution in [0.15, 0.2) is 65.4 Å². The first-order valence-corrected chi connectivity index (χ1v) is 7.10. The summed E-state index contributed by atoms with van der Waals surface area (Å²) in [6, 6.07) is 16.2. The van der Waals surface area contributed by atoms with E-state index in [4.69, 9.17) is 4.98 Å². The Hall–Kier alpha value is -2.20. The second-order valence-electron chi connectivity index (χ2n) is 4.58. The average molecular weight is 324 g/mol. The summed E-state index contributed by atoms with van der Waals surface area (Å²) in [7, 11) is 0. The van der Waals surface area contributed by atoms with E-state index < -0.39 is 0 Å². The van der Waals surface area contributed by atoms with Crippen molar-refractivity contribution in [2.24, 2.45) is 0 Å². The molecule has 0 radical (unpaired) electrons. The molecule has 0 aliphatic heterocycles. The highest BCUT2D eigenvalue weighted by Gasteiger charge is 2.11. The van der Waals surface area contributed by atoms with Crippen LogP contribution in [0, 0.1) is 0 Å². The highest BCUT2D eigenvalue weighted by Crippen LogP contribution is 2.27. The average Bonchev–Trinajstić information content (AvgIpc) is 2.96. The molecule has 2 aromatic carbocycles. The van der Waals surface area contributed by atoms with Crippen LogP contribution in [0.4, 0.5) is 0 Å². The highest BCUT2D eigenvalue weighted by atomic mass is 79.9. The van der Waals surface area contributed by atoms with Gasteiger partial charge in [0.25, 0.3) is 0 Å². The molecule has 2 heterocycles. The molecular weight excluding hydrogens is 314 g/mol. The monoisotopic (exact) mass is 323 g/mol. The molecule has 0 saturated carbocycles. The molecule has 0 saturated heterocycles. The fraction of sp³-hybridized carbons (Fsp3) is 0. The number of hydrogen-bond acceptors (Lipinski definition) is 2. The third-order valence-electron chi connectivity index (χ3n) is 3.32. The molecule has 0 N–H and O–H groups in total. The minimum atomic E-state index is 0.877. The number of nitrogens with zero attached hydrogens (tertiary/aromatic N) is 3. The van der Waals surface area contributed by atoms with E-state index in [1.807, 2.05) is 42.7 Å². The van der Waals surface area contributed by atoms with Gasteiger partial charge in [0, 0.05) is 22.4 Å². The zero-order valence-electron chi connectivity index (χ0n) is 10.5. The molecule has 0 aliphatic carbocycles. The molecule has 4 aromatic rings. The lowest BCUT2D eigenvalue weighted by molar-refractivity contribution is 1.21. The summed E-state index contributed by atoms with van der Waals surface area (Å²) in [6.07, 6.45) is 3.78. The van der Waals surface area contributed by atoms with Gasteiger partial charge in [-0.05, 0) is 24.3 Å². The van der Waals surface area contributed by atoms with E-state index in [9.17, 15) is 0 Å². The van der Waals surface area contributed by atoms with Crippen molar-refractivity contribution < 1.29 is 0 Å². The first kappa shape index (κ1) is 11.6. The number of fused-ring (bicyclic) bond motifs is 3. The molecule has 0 spiro atoms. The van der Waals surface area contributed by atoms with E-state index in [1.165, 1.54) is 0 Å². The topological polar surface area (TPSA) is 30.2 Å². The fourth-order valence-electron chi connectivity index (χ4n) is 2.44. The Bertz CT molecular complexity index is 927. The van der Waals surface area contributed by atoms with Crippen molar-refractivity contribution >= 4 is 32.6 Å². The van der Waals surface area contributed by atoms with Crippen LogP contribution < -0.4 is 0 Å². The molecule has 0 atom stereocenters. The van der Waals surface area contributed by atoms with Crippen molar-refractivity contribution in [3.8, 4) is 11.3 Å². The molecule has 0 fully saturated rings. The fourth-order valence-corrected chi connectivity index (χ4v) is 2.83. The smallest absolute Gasteiger partial charge is 0.163 e. The van der Waals surface area contributed by atoms with Crippen LogP contribution in [-0.4, -0.2) is 14.4 Å². The minimum Gasteiger partial charge on any atom is -0.296 e. The molecular formula is C16H10BrN3. The van der Waals surface area contributed by atoms with Gasteiger partial charge in [0.05, 0.1) is 11.0 Å². The molecule has 0 unspecified atom stereocenters. The zero-order valence-corrected chi connectivity index (χ0v) is 12.1. The Morgan fingerprint density at radius 2 is 1.90 bits per heavy atom. The highest BCUT2D eigenvalue weighted by molar-refractivity contribution is 9.10. The minimum absolute atomic E-state index is 0.877. The Kier molecular flexibility index (Phi) is 2.57. The van der Waals surface area contributed by atoms with Crippen LogP contribution in [0.5, 0.6) is 0 Å². The summed E-state index contributed by atoms with van der Waals surface area (Å²) in [5.41, 5.74) is 4.87. The maximum absolute atomic E-state index is 4.78. The molecule has 2 aromatic heterocycles. The van der Waals surface area contributed by atoms with E-state index in [-0.39, 0.29) is 0 Å². The molecule has 20 heavy (non-hydrogen) atoms. The first-order valence-electron chi connectivity index (χ1n) is 6.31. The second-order valence-corrected chi connectivity index (χ2v) is 5.50. The molecule has 0 bridgehead atoms. The van der Waals surface area contributed by atoms with Gasteiger partial charge in [-0.3, -0.25) is 4.40 Å². The SMILES string of the molecule is Brc1cccc(-c2nc3ccccc3n3ccnc23)c1. The molecule has 96 valence electrons. The number of para-hydroxylation sites is 2. The summed E-state index contributed by atoms with van der Waals surface area (Å²) in [5.74, 6) is 0. The van der Waals surface area contributed by atoms with E-state index in [0.717, 1.165) is 32.4 Å². The Morgan fingerprint density at radius 3 is 2.80 bits per heavy atom. The molecule has 0 amide bonds. The number of rotatable bonds is 1. The van der Waals surface area contributed by atoms with Crippen LogP contribution in [-0.2, 0) is 0 Å². The summed E-state index contributed by atoms with van der Waals surface area (Å²) >= 11 is 3.51. The van der Waals surface area contributed by atoms with Gasteiger partial charge in [0.2, 0.25) is 0 Å². The summed E-state index contributed by atoms with van der Waals surface area (Å²) in [6.45, 7) is 0. The van der Waals surface area contributed by atoms with Crippen LogP contribution in [0.2, 0.25) is 0 Å². The van der Waals surface area contributed by atoms with Crippen molar-refractivity contribution in [2.75, 3.05) is 0 Å². The van der Waals surface area contributed by atoms with Crippen LogP contribution in [0.3, 0.4) is 0 Å². The molecule has 4 rings (SSSR count). The normalized spacial score (nSPS) is 11.2. The van der Waals surface area contributed by atoms with Crippen LogP contribution >= 0.6 is 15.9 Å². The van der Waals surface area contributed by atoms with Crippen LogP contribution in [0.25, 0.3) is 27.9 Å². The van der Waals surface area contributed by atoms with Gasteiger partial charge in [-0.15, -0.1) is 0 Å². The Morgan fingerprint density at radius 1 is 1.00 bits per heavy atom. The maximum Gasteiger partial charge on any atom is 0.163 e. The third kappa shape index (κ3) is 1.72. The van der Waals surface area contributed by atoms with Crippen molar-refractivity contribution in [1.82, 2.24) is 14.4 Å². The van der Waals surface area contributed by atoms with Gasteiger partial charge in [-0.2, -0.15) is 0 Å². The standard InChI is InChI=1S/C16H10BrN3/c17-12-5-3-4-11(10-12)15-16-18-8-9-20(16)14-7-2-1-6-13(14)19-15/h1-10H. The Labute approximate surface area is 124 Å². The van der Waals surface area contributed by atoms with E-state index in [1.54, 1.807) is 0 Å². The summed E-state index contributed by atoms with van der Waals surface area (Å²) in [5, 5.41) is 0. The molecule has 4 heteroatoms. The van der Waals surface area contributed by atoms with Gasteiger partial charge in [-0.25, -0.2) is 9.97 Å². The number of halogens is 1. The maximum atomic E-state index is 4.78. The predicted molar refractivity (Wildman–Crippen MR) is 83.6 cm³/mol. The molecule has 0 aliphatic rings. The predicted octanol–water partition coefficient (Wildman–Crippen LogP) is 4.31. The Balaban J connectivity index is 2.14. The van der Waals surface area contributed by atoms with Crippen LogP contribution in [0.1, 0.15) is 0 Å². The van der Waals surface area contributed by atoms with Gasteiger partial charge in [0.15, 0.2) is 5.65 Å². The third-order valence-corrected chi connectivity index (χ3v) is 3.82. The lowest BCUT2D eigenvalue weighted by Gasteiger charge is -2.07. The summed E-state index contributed by atoms with van der Waals surface area (Å²) < 4.78 is 3.12. The number of aromatic nitrogens is 3. The lowest BCUT2D eigenvalue weighted by Crippen LogP contribution is -1.95. The largest absolute Gasteiger partial charge is 0.296 e. The van der Waals surface area contributed by atoms with Gasteiger partial charge in [-0.1, -0.05) is 40.2 Å². The van der Waals surface area contributed by atoms with Crippen molar-refractivity contribution in [2.45, 2.75) is 0 Å². The second kappa shape index (κ2) is 4.42. The zero-order chi connectivity index (χ0) is 13.5.